The Morgan fingerprint density at radius 2 is 1.88 bits per heavy atom. The molecular formula is C31H28F3N5O. The molecule has 1 fully saturated rings. The van der Waals surface area contributed by atoms with E-state index in [1.165, 1.54) is 53.8 Å². The summed E-state index contributed by atoms with van der Waals surface area (Å²) in [6.45, 7) is 0.880. The van der Waals surface area contributed by atoms with E-state index in [1.54, 1.807) is 12.1 Å². The highest BCUT2D eigenvalue weighted by atomic mass is 19.4. The lowest BCUT2D eigenvalue weighted by Gasteiger charge is -2.29. The van der Waals surface area contributed by atoms with Crippen molar-refractivity contribution in [3.05, 3.63) is 106 Å². The number of nitrogens with one attached hydrogen (secondary N) is 2. The molecule has 0 radical (unpaired) electrons. The maximum absolute atomic E-state index is 13.2. The van der Waals surface area contributed by atoms with Gasteiger partial charge in [0.1, 0.15) is 11.4 Å². The molecule has 2 aliphatic rings. The third-order valence-corrected chi connectivity index (χ3v) is 7.13. The van der Waals surface area contributed by atoms with Gasteiger partial charge in [-0.1, -0.05) is 36.4 Å². The molecule has 40 heavy (non-hydrogen) atoms. The molecular weight excluding hydrogens is 515 g/mol. The summed E-state index contributed by atoms with van der Waals surface area (Å²) < 4.78 is 39.7. The number of aryl methyl sites for hydroxylation is 1. The third-order valence-electron chi connectivity index (χ3n) is 7.13. The number of hydrogen-bond donors (Lipinski definition) is 3. The minimum Gasteiger partial charge on any atom is -0.395 e. The molecule has 4 N–H and O–H groups in total. The van der Waals surface area contributed by atoms with E-state index in [-0.39, 0.29) is 17.3 Å². The van der Waals surface area contributed by atoms with Gasteiger partial charge in [0.2, 0.25) is 0 Å². The molecule has 204 valence electrons. The molecule has 3 aromatic rings. The number of halogens is 3. The average molecular weight is 544 g/mol. The Morgan fingerprint density at radius 3 is 2.58 bits per heavy atom. The standard InChI is InChI=1S/C31H28F3N5O/c32-31(33,34)28(36)16-27(38-23-7-1-4-20(14-23)17-35)30(40)39-24-8-2-6-22(15-24)29(37-18-19-10-11-19)26-9-3-5-21-12-13-25(21)26/h1-9,14-16,19,29,37H,10-13,18,36H2,(H,39,40). The zero-order valence-corrected chi connectivity index (χ0v) is 21.6. The summed E-state index contributed by atoms with van der Waals surface area (Å²) in [6, 6.07) is 21.4. The van der Waals surface area contributed by atoms with Gasteiger partial charge in [0.05, 0.1) is 23.4 Å². The number of aliphatic imine (C=N–C) groups is 1. The van der Waals surface area contributed by atoms with Gasteiger partial charge in [-0.05, 0) is 96.8 Å². The molecule has 1 unspecified atom stereocenters. The van der Waals surface area contributed by atoms with E-state index in [0.717, 1.165) is 24.9 Å². The molecule has 5 rings (SSSR count). The second kappa shape index (κ2) is 11.4. The topological polar surface area (TPSA) is 103 Å². The van der Waals surface area contributed by atoms with Gasteiger partial charge in [0.25, 0.3) is 5.91 Å². The second-order valence-corrected chi connectivity index (χ2v) is 10.1. The molecule has 1 saturated carbocycles. The molecule has 0 bridgehead atoms. The van der Waals surface area contributed by atoms with Crippen molar-refractivity contribution in [3.63, 3.8) is 0 Å². The fourth-order valence-electron chi connectivity index (χ4n) is 4.71. The highest BCUT2D eigenvalue weighted by Crippen LogP contribution is 2.35. The van der Waals surface area contributed by atoms with E-state index in [9.17, 15) is 18.0 Å². The Bertz CT molecular complexity index is 1530. The van der Waals surface area contributed by atoms with E-state index in [0.29, 0.717) is 17.7 Å². The second-order valence-electron chi connectivity index (χ2n) is 10.1. The number of anilines is 1. The molecule has 0 saturated heterocycles. The minimum atomic E-state index is -4.84. The van der Waals surface area contributed by atoms with Crippen LogP contribution < -0.4 is 16.4 Å². The van der Waals surface area contributed by atoms with Crippen LogP contribution in [0.3, 0.4) is 0 Å². The molecule has 1 atom stereocenters. The molecule has 9 heteroatoms. The van der Waals surface area contributed by atoms with Crippen LogP contribution in [0.2, 0.25) is 0 Å². The summed E-state index contributed by atoms with van der Waals surface area (Å²) in [4.78, 5) is 17.3. The van der Waals surface area contributed by atoms with Crippen molar-refractivity contribution in [2.45, 2.75) is 37.9 Å². The van der Waals surface area contributed by atoms with E-state index in [1.807, 2.05) is 18.2 Å². The van der Waals surface area contributed by atoms with E-state index >= 15 is 0 Å². The van der Waals surface area contributed by atoms with Crippen molar-refractivity contribution in [1.82, 2.24) is 5.32 Å². The molecule has 2 aliphatic carbocycles. The minimum absolute atomic E-state index is 0.0877. The third kappa shape index (κ3) is 6.41. The summed E-state index contributed by atoms with van der Waals surface area (Å²) in [5.74, 6) is -0.206. The Balaban J connectivity index is 1.45. The Labute approximate surface area is 230 Å². The molecule has 1 amide bonds. The first-order valence-electron chi connectivity index (χ1n) is 13.1. The first-order chi connectivity index (χ1) is 19.2. The number of nitriles is 1. The first kappa shape index (κ1) is 27.2. The number of benzene rings is 3. The fourth-order valence-corrected chi connectivity index (χ4v) is 4.71. The first-order valence-corrected chi connectivity index (χ1v) is 13.1. The number of rotatable bonds is 9. The highest BCUT2D eigenvalue weighted by Gasteiger charge is 2.32. The fraction of sp³-hybridized carbons (Fsp3) is 0.258. The molecule has 6 nitrogen and oxygen atoms in total. The number of nitrogens with zero attached hydrogens (tertiary/aromatic N) is 2. The quantitative estimate of drug-likeness (QED) is 0.294. The largest absolute Gasteiger partial charge is 0.430 e. The number of alkyl halides is 3. The van der Waals surface area contributed by atoms with Crippen molar-refractivity contribution in [2.75, 3.05) is 11.9 Å². The smallest absolute Gasteiger partial charge is 0.395 e. The molecule has 3 aromatic carbocycles. The van der Waals surface area contributed by atoms with Gasteiger partial charge in [-0.3, -0.25) is 4.79 Å². The zero-order chi connectivity index (χ0) is 28.3. The van der Waals surface area contributed by atoms with Crippen molar-refractivity contribution in [1.29, 1.82) is 5.26 Å². The van der Waals surface area contributed by atoms with Crippen LogP contribution in [-0.2, 0) is 17.6 Å². The maximum atomic E-state index is 13.2. The Hall–Kier alpha value is -4.42. The normalized spacial score (nSPS) is 15.9. The number of fused-ring (bicyclic) bond motifs is 1. The summed E-state index contributed by atoms with van der Waals surface area (Å²) >= 11 is 0. The van der Waals surface area contributed by atoms with Crippen molar-refractivity contribution < 1.29 is 18.0 Å². The van der Waals surface area contributed by atoms with Crippen LogP contribution in [0.4, 0.5) is 24.5 Å². The molecule has 0 spiro atoms. The number of carbonyl (C=O) groups excluding carboxylic acids is 1. The van der Waals surface area contributed by atoms with E-state index in [2.05, 4.69) is 33.8 Å². The van der Waals surface area contributed by atoms with Gasteiger partial charge >= 0.3 is 6.18 Å². The summed E-state index contributed by atoms with van der Waals surface area (Å²) in [6.07, 6.45) is 0.147. The zero-order valence-electron chi connectivity index (χ0n) is 21.6. The van der Waals surface area contributed by atoms with Gasteiger partial charge in [0.15, 0.2) is 0 Å². The molecule has 0 aromatic heterocycles. The lowest BCUT2D eigenvalue weighted by Crippen LogP contribution is -2.28. The van der Waals surface area contributed by atoms with Crippen LogP contribution >= 0.6 is 0 Å². The van der Waals surface area contributed by atoms with Crippen LogP contribution in [0, 0.1) is 17.2 Å². The average Bonchev–Trinajstić information content (AvgIpc) is 3.73. The number of hydrogen-bond acceptors (Lipinski definition) is 5. The molecule has 0 aliphatic heterocycles. The number of carbonyl (C=O) groups is 1. The number of allylic oxidation sites excluding steroid dienone is 1. The van der Waals surface area contributed by atoms with Crippen LogP contribution in [0.1, 0.15) is 46.7 Å². The Morgan fingerprint density at radius 1 is 1.10 bits per heavy atom. The van der Waals surface area contributed by atoms with Crippen LogP contribution in [0.5, 0.6) is 0 Å². The summed E-state index contributed by atoms with van der Waals surface area (Å²) in [5.41, 5.74) is 8.86. The summed E-state index contributed by atoms with van der Waals surface area (Å²) in [7, 11) is 0. The van der Waals surface area contributed by atoms with Gasteiger partial charge < -0.3 is 16.4 Å². The predicted octanol–water partition coefficient (Wildman–Crippen LogP) is 5.86. The Kier molecular flexibility index (Phi) is 7.71. The van der Waals surface area contributed by atoms with Gasteiger partial charge in [-0.2, -0.15) is 18.4 Å². The van der Waals surface area contributed by atoms with Gasteiger partial charge in [-0.25, -0.2) is 4.99 Å². The lowest BCUT2D eigenvalue weighted by atomic mass is 9.81. The van der Waals surface area contributed by atoms with Gasteiger partial charge in [0, 0.05) is 5.69 Å². The monoisotopic (exact) mass is 543 g/mol. The van der Waals surface area contributed by atoms with Crippen LogP contribution in [-0.4, -0.2) is 24.3 Å². The van der Waals surface area contributed by atoms with Crippen LogP contribution in [0.15, 0.2) is 83.5 Å². The SMILES string of the molecule is N#Cc1cccc(N=C(C=C(N)C(F)(F)F)C(=O)Nc2cccc(C(NCC3CC3)c3cccc4c3CC4)c2)c1. The predicted molar refractivity (Wildman–Crippen MR) is 148 cm³/mol. The lowest BCUT2D eigenvalue weighted by molar-refractivity contribution is -0.110. The van der Waals surface area contributed by atoms with Gasteiger partial charge in [-0.15, -0.1) is 0 Å². The van der Waals surface area contributed by atoms with E-state index in [4.69, 9.17) is 11.0 Å². The highest BCUT2D eigenvalue weighted by molar-refractivity contribution is 6.47. The van der Waals surface area contributed by atoms with Crippen molar-refractivity contribution in [2.24, 2.45) is 16.6 Å². The number of nitrogens with two attached hydrogens (primary N) is 1. The van der Waals surface area contributed by atoms with E-state index < -0.39 is 23.5 Å². The van der Waals surface area contributed by atoms with Crippen molar-refractivity contribution >= 4 is 23.0 Å². The maximum Gasteiger partial charge on any atom is 0.430 e. The number of amides is 1. The van der Waals surface area contributed by atoms with Crippen molar-refractivity contribution in [3.8, 4) is 6.07 Å². The molecule has 0 heterocycles. The summed E-state index contributed by atoms with van der Waals surface area (Å²) in [5, 5.41) is 15.5. The van der Waals surface area contributed by atoms with Crippen LogP contribution in [0.25, 0.3) is 0 Å².